The van der Waals surface area contributed by atoms with Crippen molar-refractivity contribution in [3.8, 4) is 0 Å². The first-order valence-electron chi connectivity index (χ1n) is 6.71. The molecule has 0 unspecified atom stereocenters. The van der Waals surface area contributed by atoms with Crippen molar-refractivity contribution in [2.45, 2.75) is 19.3 Å². The van der Waals surface area contributed by atoms with Crippen LogP contribution in [0.3, 0.4) is 0 Å². The van der Waals surface area contributed by atoms with Gasteiger partial charge in [0.2, 0.25) is 0 Å². The van der Waals surface area contributed by atoms with Gasteiger partial charge in [0.25, 0.3) is 0 Å². The average molecular weight is 303 g/mol. The number of anilines is 1. The maximum absolute atomic E-state index is 6.04. The molecule has 2 aromatic rings. The van der Waals surface area contributed by atoms with Crippen LogP contribution in [0, 0.1) is 0 Å². The van der Waals surface area contributed by atoms with Gasteiger partial charge in [-0.2, -0.15) is 0 Å². The van der Waals surface area contributed by atoms with Crippen molar-refractivity contribution in [2.75, 3.05) is 11.9 Å². The summed E-state index contributed by atoms with van der Waals surface area (Å²) in [7, 11) is 0. The molecule has 0 saturated heterocycles. The fourth-order valence-corrected chi connectivity index (χ4v) is 2.08. The van der Waals surface area contributed by atoms with E-state index in [1.807, 2.05) is 42.5 Å². The van der Waals surface area contributed by atoms with E-state index in [0.717, 1.165) is 10.6 Å². The fourth-order valence-electron chi connectivity index (χ4n) is 1.89. The molecule has 5 heteroatoms. The number of nitrogens with one attached hydrogen (secondary N) is 1. The standard InChI is InChI=1S/C16H19ClN4/c1-16(2,12-6-5-7-13(17)10-12)11-20-15(18)21-14-8-3-4-9-19-14/h3-10H,11H2,1-2H3,(H3,18,19,20,21). The first-order valence-corrected chi connectivity index (χ1v) is 7.09. The van der Waals surface area contributed by atoms with Gasteiger partial charge in [0.15, 0.2) is 5.96 Å². The topological polar surface area (TPSA) is 63.3 Å². The monoisotopic (exact) mass is 302 g/mol. The number of nitrogens with zero attached hydrogens (tertiary/aromatic N) is 2. The smallest absolute Gasteiger partial charge is 0.194 e. The third-order valence-electron chi connectivity index (χ3n) is 3.17. The highest BCUT2D eigenvalue weighted by Crippen LogP contribution is 2.25. The minimum Gasteiger partial charge on any atom is -0.370 e. The van der Waals surface area contributed by atoms with Gasteiger partial charge in [-0.25, -0.2) is 4.98 Å². The molecule has 1 aromatic heterocycles. The normalized spacial score (nSPS) is 12.2. The number of benzene rings is 1. The molecule has 0 fully saturated rings. The summed E-state index contributed by atoms with van der Waals surface area (Å²) < 4.78 is 0. The van der Waals surface area contributed by atoms with Crippen LogP contribution in [0.2, 0.25) is 5.02 Å². The molecule has 2 rings (SSSR count). The lowest BCUT2D eigenvalue weighted by Gasteiger charge is -2.23. The molecule has 0 aliphatic heterocycles. The summed E-state index contributed by atoms with van der Waals surface area (Å²) >= 11 is 6.04. The number of pyridine rings is 1. The Morgan fingerprint density at radius 3 is 2.76 bits per heavy atom. The zero-order valence-electron chi connectivity index (χ0n) is 12.2. The molecule has 3 N–H and O–H groups in total. The van der Waals surface area contributed by atoms with Gasteiger partial charge in [0.1, 0.15) is 5.82 Å². The zero-order valence-corrected chi connectivity index (χ0v) is 12.9. The van der Waals surface area contributed by atoms with Gasteiger partial charge in [0, 0.05) is 16.6 Å². The molecular formula is C16H19ClN4. The van der Waals surface area contributed by atoms with E-state index in [2.05, 4.69) is 29.1 Å². The largest absolute Gasteiger partial charge is 0.370 e. The van der Waals surface area contributed by atoms with E-state index in [4.69, 9.17) is 17.3 Å². The molecule has 0 aliphatic carbocycles. The molecule has 4 nitrogen and oxygen atoms in total. The van der Waals surface area contributed by atoms with E-state index in [0.29, 0.717) is 18.3 Å². The summed E-state index contributed by atoms with van der Waals surface area (Å²) in [6.07, 6.45) is 1.70. The molecule has 21 heavy (non-hydrogen) atoms. The maximum atomic E-state index is 6.04. The zero-order chi connectivity index (χ0) is 15.3. The van der Waals surface area contributed by atoms with Crippen LogP contribution in [0.25, 0.3) is 0 Å². The van der Waals surface area contributed by atoms with E-state index in [1.54, 1.807) is 6.20 Å². The van der Waals surface area contributed by atoms with Gasteiger partial charge in [-0.1, -0.05) is 43.6 Å². The van der Waals surface area contributed by atoms with Crippen LogP contribution in [0.1, 0.15) is 19.4 Å². The quantitative estimate of drug-likeness (QED) is 0.672. The molecular weight excluding hydrogens is 284 g/mol. The van der Waals surface area contributed by atoms with E-state index in [-0.39, 0.29) is 5.41 Å². The Kier molecular flexibility index (Phi) is 4.81. The van der Waals surface area contributed by atoms with Crippen molar-refractivity contribution in [2.24, 2.45) is 10.7 Å². The third-order valence-corrected chi connectivity index (χ3v) is 3.41. The van der Waals surface area contributed by atoms with Crippen LogP contribution in [0.15, 0.2) is 53.7 Å². The van der Waals surface area contributed by atoms with Crippen LogP contribution in [-0.4, -0.2) is 17.5 Å². The van der Waals surface area contributed by atoms with Crippen LogP contribution >= 0.6 is 11.6 Å². The second kappa shape index (κ2) is 6.59. The highest BCUT2D eigenvalue weighted by atomic mass is 35.5. The van der Waals surface area contributed by atoms with Gasteiger partial charge < -0.3 is 11.1 Å². The van der Waals surface area contributed by atoms with Crippen molar-refractivity contribution in [3.05, 3.63) is 59.2 Å². The molecule has 0 atom stereocenters. The van der Waals surface area contributed by atoms with Crippen molar-refractivity contribution >= 4 is 23.4 Å². The molecule has 1 heterocycles. The molecule has 0 spiro atoms. The van der Waals surface area contributed by atoms with Gasteiger partial charge in [-0.15, -0.1) is 0 Å². The Morgan fingerprint density at radius 2 is 2.10 bits per heavy atom. The Bertz CT molecular complexity index is 623. The number of hydrogen-bond acceptors (Lipinski definition) is 2. The summed E-state index contributed by atoms with van der Waals surface area (Å²) in [5, 5.41) is 3.69. The summed E-state index contributed by atoms with van der Waals surface area (Å²) in [6.45, 7) is 4.77. The van der Waals surface area contributed by atoms with Crippen molar-refractivity contribution in [1.82, 2.24) is 4.98 Å². The Labute approximate surface area is 130 Å². The summed E-state index contributed by atoms with van der Waals surface area (Å²) in [4.78, 5) is 8.54. The predicted octanol–water partition coefficient (Wildman–Crippen LogP) is 3.44. The van der Waals surface area contributed by atoms with Crippen molar-refractivity contribution in [1.29, 1.82) is 0 Å². The van der Waals surface area contributed by atoms with E-state index in [9.17, 15) is 0 Å². The minimum absolute atomic E-state index is 0.151. The number of guanidine groups is 1. The third kappa shape index (κ3) is 4.46. The Morgan fingerprint density at radius 1 is 1.29 bits per heavy atom. The number of aliphatic imine (C=N–C) groups is 1. The minimum atomic E-state index is -0.151. The molecule has 1 aromatic carbocycles. The average Bonchev–Trinajstić information content (AvgIpc) is 2.46. The number of aromatic nitrogens is 1. The number of hydrogen-bond donors (Lipinski definition) is 2. The molecule has 0 bridgehead atoms. The molecule has 110 valence electrons. The highest BCUT2D eigenvalue weighted by molar-refractivity contribution is 6.30. The number of rotatable bonds is 4. The Balaban J connectivity index is 2.04. The SMILES string of the molecule is CC(C)(CN=C(N)Nc1ccccn1)c1cccc(Cl)c1. The van der Waals surface area contributed by atoms with E-state index < -0.39 is 0 Å². The lowest BCUT2D eigenvalue weighted by atomic mass is 9.85. The number of halogens is 1. The summed E-state index contributed by atoms with van der Waals surface area (Å²) in [5.74, 6) is 1.03. The highest BCUT2D eigenvalue weighted by Gasteiger charge is 2.20. The summed E-state index contributed by atoms with van der Waals surface area (Å²) in [5.41, 5.74) is 6.87. The van der Waals surface area contributed by atoms with Gasteiger partial charge in [-0.05, 0) is 29.8 Å². The van der Waals surface area contributed by atoms with Gasteiger partial charge in [-0.3, -0.25) is 4.99 Å². The summed E-state index contributed by atoms with van der Waals surface area (Å²) in [6, 6.07) is 13.4. The second-order valence-corrected chi connectivity index (χ2v) is 5.87. The molecule has 0 radical (unpaired) electrons. The maximum Gasteiger partial charge on any atom is 0.194 e. The predicted molar refractivity (Wildman–Crippen MR) is 88.8 cm³/mol. The van der Waals surface area contributed by atoms with Gasteiger partial charge in [0.05, 0.1) is 6.54 Å². The fraction of sp³-hybridized carbons (Fsp3) is 0.250. The molecule has 0 amide bonds. The van der Waals surface area contributed by atoms with Crippen LogP contribution < -0.4 is 11.1 Å². The van der Waals surface area contributed by atoms with Crippen LogP contribution in [0.4, 0.5) is 5.82 Å². The lowest BCUT2D eigenvalue weighted by Crippen LogP contribution is -2.28. The first-order chi connectivity index (χ1) is 9.97. The van der Waals surface area contributed by atoms with Crippen molar-refractivity contribution in [3.63, 3.8) is 0 Å². The van der Waals surface area contributed by atoms with E-state index in [1.165, 1.54) is 0 Å². The molecule has 0 aliphatic rings. The van der Waals surface area contributed by atoms with Gasteiger partial charge >= 0.3 is 0 Å². The number of nitrogens with two attached hydrogens (primary N) is 1. The van der Waals surface area contributed by atoms with E-state index >= 15 is 0 Å². The first kappa shape index (κ1) is 15.3. The van der Waals surface area contributed by atoms with Crippen LogP contribution in [0.5, 0.6) is 0 Å². The molecule has 0 saturated carbocycles. The lowest BCUT2D eigenvalue weighted by molar-refractivity contribution is 0.540. The van der Waals surface area contributed by atoms with Crippen LogP contribution in [-0.2, 0) is 5.41 Å². The second-order valence-electron chi connectivity index (χ2n) is 5.44. The van der Waals surface area contributed by atoms with Crippen molar-refractivity contribution < 1.29 is 0 Å². The Hall–Kier alpha value is -2.07.